The number of nitrogens with zero attached hydrogens (tertiary/aromatic N) is 2. The van der Waals surface area contributed by atoms with Gasteiger partial charge in [-0.15, -0.1) is 0 Å². The molecule has 0 bridgehead atoms. The highest BCUT2D eigenvalue weighted by Crippen LogP contribution is 2.32. The van der Waals surface area contributed by atoms with Gasteiger partial charge in [-0.1, -0.05) is 18.2 Å². The molecule has 1 aliphatic rings. The Morgan fingerprint density at radius 3 is 2.62 bits per heavy atom. The van der Waals surface area contributed by atoms with Crippen molar-refractivity contribution in [3.8, 4) is 0 Å². The monoisotopic (exact) mass is 362 g/mol. The van der Waals surface area contributed by atoms with Crippen molar-refractivity contribution in [1.29, 1.82) is 0 Å². The molecular formula is C16H18N4O6. The first-order chi connectivity index (χ1) is 12.3. The number of carbonyl (C=O) groups is 1. The smallest absolute Gasteiger partial charge is 0.351 e. The van der Waals surface area contributed by atoms with Gasteiger partial charge in [0.25, 0.3) is 5.91 Å². The van der Waals surface area contributed by atoms with Crippen LogP contribution in [0.1, 0.15) is 16.6 Å². The molecule has 138 valence electrons. The normalized spacial score (nSPS) is 28.1. The third-order valence-electron chi connectivity index (χ3n) is 4.11. The van der Waals surface area contributed by atoms with Crippen LogP contribution in [0.15, 0.2) is 47.4 Å². The number of hydrogen-bond donors (Lipinski definition) is 5. The zero-order chi connectivity index (χ0) is 18.9. The predicted molar refractivity (Wildman–Crippen MR) is 89.0 cm³/mol. The second kappa shape index (κ2) is 6.94. The molecule has 1 aromatic heterocycles. The Hall–Kier alpha value is -2.63. The summed E-state index contributed by atoms with van der Waals surface area (Å²) in [6.45, 7) is -0.645. The minimum absolute atomic E-state index is 0.00862. The van der Waals surface area contributed by atoms with Gasteiger partial charge in [0.15, 0.2) is 12.0 Å². The summed E-state index contributed by atoms with van der Waals surface area (Å²) in [6.07, 6.45) is -3.03. The lowest BCUT2D eigenvalue weighted by Crippen LogP contribution is -2.57. The van der Waals surface area contributed by atoms with Crippen molar-refractivity contribution in [2.75, 3.05) is 11.9 Å². The van der Waals surface area contributed by atoms with Gasteiger partial charge in [0.1, 0.15) is 18.0 Å². The number of rotatable bonds is 4. The van der Waals surface area contributed by atoms with E-state index in [1.54, 1.807) is 30.3 Å². The molecule has 2 heterocycles. The number of nitrogens with one attached hydrogen (secondary N) is 1. The van der Waals surface area contributed by atoms with E-state index < -0.39 is 42.4 Å². The molecule has 1 aromatic carbocycles. The van der Waals surface area contributed by atoms with Crippen molar-refractivity contribution < 1.29 is 24.9 Å². The van der Waals surface area contributed by atoms with Crippen LogP contribution in [-0.2, 0) is 4.74 Å². The van der Waals surface area contributed by atoms with E-state index in [0.717, 1.165) is 4.57 Å². The number of anilines is 1. The molecular weight excluding hydrogens is 344 g/mol. The van der Waals surface area contributed by atoms with E-state index in [0.29, 0.717) is 5.56 Å². The van der Waals surface area contributed by atoms with Crippen LogP contribution in [0.25, 0.3) is 0 Å². The van der Waals surface area contributed by atoms with E-state index in [9.17, 15) is 24.9 Å². The second-order valence-electron chi connectivity index (χ2n) is 5.85. The topological polar surface area (TPSA) is 160 Å². The van der Waals surface area contributed by atoms with E-state index in [1.165, 1.54) is 12.3 Å². The fourth-order valence-corrected chi connectivity index (χ4v) is 2.63. The average Bonchev–Trinajstić information content (AvgIpc) is 2.85. The van der Waals surface area contributed by atoms with Crippen molar-refractivity contribution >= 4 is 11.7 Å². The Kier molecular flexibility index (Phi) is 4.85. The molecule has 1 amide bonds. The van der Waals surface area contributed by atoms with Gasteiger partial charge in [-0.2, -0.15) is 4.98 Å². The van der Waals surface area contributed by atoms with E-state index in [2.05, 4.69) is 10.3 Å². The first kappa shape index (κ1) is 18.2. The molecule has 6 N–H and O–H groups in total. The minimum atomic E-state index is -2.22. The lowest BCUT2D eigenvalue weighted by Gasteiger charge is -2.24. The zero-order valence-corrected chi connectivity index (χ0v) is 13.5. The van der Waals surface area contributed by atoms with Crippen molar-refractivity contribution in [3.05, 3.63) is 58.6 Å². The SMILES string of the molecule is N[C@@]1(O)[C@@H](CO)O[C@@H](n2ccc(NC(=O)c3ccccc3)nc2=O)[C@@H]1O. The third-order valence-corrected chi connectivity index (χ3v) is 4.11. The Morgan fingerprint density at radius 1 is 1.35 bits per heavy atom. The molecule has 1 saturated heterocycles. The highest BCUT2D eigenvalue weighted by atomic mass is 16.6. The maximum absolute atomic E-state index is 12.2. The summed E-state index contributed by atoms with van der Waals surface area (Å²) in [7, 11) is 0. The largest absolute Gasteiger partial charge is 0.393 e. The third kappa shape index (κ3) is 3.23. The molecule has 1 aliphatic heterocycles. The molecule has 10 nitrogen and oxygen atoms in total. The van der Waals surface area contributed by atoms with Gasteiger partial charge in [-0.3, -0.25) is 15.1 Å². The fourth-order valence-electron chi connectivity index (χ4n) is 2.63. The van der Waals surface area contributed by atoms with Crippen LogP contribution in [0.3, 0.4) is 0 Å². The zero-order valence-electron chi connectivity index (χ0n) is 13.5. The first-order valence-electron chi connectivity index (χ1n) is 7.76. The molecule has 1 fully saturated rings. The van der Waals surface area contributed by atoms with Crippen molar-refractivity contribution in [1.82, 2.24) is 9.55 Å². The maximum atomic E-state index is 12.2. The molecule has 3 rings (SSSR count). The Labute approximate surface area is 147 Å². The van der Waals surface area contributed by atoms with Gasteiger partial charge in [-0.05, 0) is 18.2 Å². The summed E-state index contributed by atoms with van der Waals surface area (Å²) in [5.41, 5.74) is 2.88. The van der Waals surface area contributed by atoms with Crippen LogP contribution in [0, 0.1) is 0 Å². The van der Waals surface area contributed by atoms with Gasteiger partial charge >= 0.3 is 5.69 Å². The van der Waals surface area contributed by atoms with Gasteiger partial charge in [0, 0.05) is 11.8 Å². The molecule has 26 heavy (non-hydrogen) atoms. The molecule has 4 atom stereocenters. The quantitative estimate of drug-likeness (QED) is 0.406. The standard InChI is InChI=1S/C16H18N4O6/c17-16(25)10(8-21)26-14(12(16)22)20-7-6-11(19-15(20)24)18-13(23)9-4-2-1-3-5-9/h1-7,10,12,14,21-22,25H,8,17H2,(H,18,19,23,24)/t10-,12+,14-,16-/m1/s1. The Bertz CT molecular complexity index is 853. The van der Waals surface area contributed by atoms with Gasteiger partial charge in [0.2, 0.25) is 0 Å². The fraction of sp³-hybridized carbons (Fsp3) is 0.312. The first-order valence-corrected chi connectivity index (χ1v) is 7.76. The number of aromatic nitrogens is 2. The van der Waals surface area contributed by atoms with Crippen LogP contribution in [0.5, 0.6) is 0 Å². The van der Waals surface area contributed by atoms with Crippen molar-refractivity contribution in [3.63, 3.8) is 0 Å². The van der Waals surface area contributed by atoms with Crippen LogP contribution >= 0.6 is 0 Å². The van der Waals surface area contributed by atoms with Crippen molar-refractivity contribution in [2.45, 2.75) is 24.2 Å². The number of hydrogen-bond acceptors (Lipinski definition) is 8. The molecule has 2 aromatic rings. The van der Waals surface area contributed by atoms with Crippen LogP contribution in [0.2, 0.25) is 0 Å². The Balaban J connectivity index is 1.80. The second-order valence-corrected chi connectivity index (χ2v) is 5.85. The lowest BCUT2D eigenvalue weighted by atomic mass is 10.0. The highest BCUT2D eigenvalue weighted by molar-refractivity contribution is 6.03. The number of nitrogens with two attached hydrogens (primary N) is 1. The van der Waals surface area contributed by atoms with E-state index >= 15 is 0 Å². The number of amides is 1. The molecule has 0 radical (unpaired) electrons. The van der Waals surface area contributed by atoms with Crippen LogP contribution in [-0.4, -0.2) is 55.3 Å². The van der Waals surface area contributed by atoms with Crippen LogP contribution in [0.4, 0.5) is 5.82 Å². The molecule has 0 unspecified atom stereocenters. The molecule has 0 saturated carbocycles. The summed E-state index contributed by atoms with van der Waals surface area (Å²) in [5, 5.41) is 31.7. The van der Waals surface area contributed by atoms with Crippen LogP contribution < -0.4 is 16.7 Å². The molecule has 0 spiro atoms. The van der Waals surface area contributed by atoms with Gasteiger partial charge in [-0.25, -0.2) is 4.79 Å². The lowest BCUT2D eigenvalue weighted by molar-refractivity contribution is -0.0886. The minimum Gasteiger partial charge on any atom is -0.393 e. The molecule has 10 heteroatoms. The number of ether oxygens (including phenoxy) is 1. The summed E-state index contributed by atoms with van der Waals surface area (Å²) >= 11 is 0. The number of carbonyl (C=O) groups excluding carboxylic acids is 1. The van der Waals surface area contributed by atoms with E-state index in [4.69, 9.17) is 10.5 Å². The number of aliphatic hydroxyl groups is 3. The summed E-state index contributed by atoms with van der Waals surface area (Å²) in [6, 6.07) is 9.71. The average molecular weight is 362 g/mol. The number of aliphatic hydroxyl groups excluding tert-OH is 2. The Morgan fingerprint density at radius 2 is 2.04 bits per heavy atom. The van der Waals surface area contributed by atoms with Gasteiger partial charge < -0.3 is 25.4 Å². The van der Waals surface area contributed by atoms with Crippen molar-refractivity contribution in [2.24, 2.45) is 5.73 Å². The highest BCUT2D eigenvalue weighted by Gasteiger charge is 2.53. The van der Waals surface area contributed by atoms with Gasteiger partial charge in [0.05, 0.1) is 6.61 Å². The summed E-state index contributed by atoms with van der Waals surface area (Å²) in [5.74, 6) is -0.432. The van der Waals surface area contributed by atoms with E-state index in [-0.39, 0.29) is 5.82 Å². The summed E-state index contributed by atoms with van der Waals surface area (Å²) < 4.78 is 6.17. The van der Waals surface area contributed by atoms with E-state index in [1.807, 2.05) is 0 Å². The predicted octanol–water partition coefficient (Wildman–Crippen LogP) is -1.61. The number of benzene rings is 1. The summed E-state index contributed by atoms with van der Waals surface area (Å²) in [4.78, 5) is 28.0. The maximum Gasteiger partial charge on any atom is 0.351 e. The molecule has 0 aliphatic carbocycles.